The van der Waals surface area contributed by atoms with Crippen molar-refractivity contribution in [3.05, 3.63) is 63.8 Å². The summed E-state index contributed by atoms with van der Waals surface area (Å²) in [5.41, 5.74) is -1.51. The summed E-state index contributed by atoms with van der Waals surface area (Å²) in [7, 11) is 0. The third-order valence-electron chi connectivity index (χ3n) is 6.47. The summed E-state index contributed by atoms with van der Waals surface area (Å²) in [6, 6.07) is 6.99. The number of halogens is 4. The molecule has 2 aromatic carbocycles. The van der Waals surface area contributed by atoms with E-state index in [2.05, 4.69) is 28.2 Å². The summed E-state index contributed by atoms with van der Waals surface area (Å²) >= 11 is 4.48. The van der Waals surface area contributed by atoms with Crippen LogP contribution >= 0.6 is 12.2 Å². The van der Waals surface area contributed by atoms with Crippen molar-refractivity contribution in [2.45, 2.75) is 50.7 Å². The molecule has 2 aromatic rings. The number of ether oxygens (including phenoxy) is 1. The molecule has 2 aliphatic rings. The minimum absolute atomic E-state index is 0.0240. The summed E-state index contributed by atoms with van der Waals surface area (Å²) in [4.78, 5) is 37.8. The first kappa shape index (κ1) is 28.3. The monoisotopic (exact) mass is 566 g/mol. The molecule has 1 atom stereocenters. The van der Waals surface area contributed by atoms with Crippen molar-refractivity contribution in [2.75, 3.05) is 23.3 Å². The van der Waals surface area contributed by atoms with Gasteiger partial charge in [0.15, 0.2) is 11.6 Å². The van der Waals surface area contributed by atoms with Gasteiger partial charge < -0.3 is 20.7 Å². The van der Waals surface area contributed by atoms with Gasteiger partial charge in [0.1, 0.15) is 16.8 Å². The van der Waals surface area contributed by atoms with Crippen LogP contribution in [0, 0.1) is 11.6 Å². The number of hydrogen-bond acceptors (Lipinski definition) is 6. The molecule has 208 valence electrons. The SMILES string of the molecule is O=C(NC1CCCCC1)c1cccc(=O)c(Nc2c(F)cc(N3C[C@H](CNC(=S)C(F)F)OC3=O)cc2F)c1. The first-order valence-electron chi connectivity index (χ1n) is 12.4. The average Bonchev–Trinajstić information content (AvgIpc) is 3.17. The lowest BCUT2D eigenvalue weighted by Gasteiger charge is -2.22. The van der Waals surface area contributed by atoms with Crippen LogP contribution in [-0.4, -0.2) is 48.6 Å². The van der Waals surface area contributed by atoms with E-state index < -0.39 is 52.3 Å². The van der Waals surface area contributed by atoms with E-state index in [0.29, 0.717) is 0 Å². The van der Waals surface area contributed by atoms with Crippen molar-refractivity contribution in [3.8, 4) is 0 Å². The van der Waals surface area contributed by atoms with Gasteiger partial charge in [-0.1, -0.05) is 37.5 Å². The second-order valence-corrected chi connectivity index (χ2v) is 9.72. The normalized spacial score (nSPS) is 17.6. The Hall–Kier alpha value is -3.74. The van der Waals surface area contributed by atoms with Gasteiger partial charge in [-0.05, 0) is 31.0 Å². The number of cyclic esters (lactones) is 1. The zero-order valence-electron chi connectivity index (χ0n) is 20.6. The van der Waals surface area contributed by atoms with Gasteiger partial charge in [-0.25, -0.2) is 22.4 Å². The van der Waals surface area contributed by atoms with Gasteiger partial charge in [0, 0.05) is 23.7 Å². The lowest BCUT2D eigenvalue weighted by atomic mass is 9.95. The maximum atomic E-state index is 15.0. The Morgan fingerprint density at radius 2 is 1.77 bits per heavy atom. The predicted octanol–water partition coefficient (Wildman–Crippen LogP) is 4.64. The van der Waals surface area contributed by atoms with Gasteiger partial charge >= 0.3 is 6.09 Å². The number of amides is 2. The molecule has 3 N–H and O–H groups in total. The summed E-state index contributed by atoms with van der Waals surface area (Å²) < 4.78 is 60.2. The van der Waals surface area contributed by atoms with Crippen LogP contribution in [0.1, 0.15) is 42.5 Å². The van der Waals surface area contributed by atoms with Crippen LogP contribution in [-0.2, 0) is 4.74 Å². The molecule has 0 bridgehead atoms. The fraction of sp³-hybridized carbons (Fsp3) is 0.385. The molecule has 0 unspecified atom stereocenters. The van der Waals surface area contributed by atoms with Crippen LogP contribution in [0.25, 0.3) is 0 Å². The fourth-order valence-electron chi connectivity index (χ4n) is 4.46. The third kappa shape index (κ3) is 7.02. The molecule has 1 aliphatic heterocycles. The second kappa shape index (κ2) is 12.4. The molecule has 4 rings (SSSR count). The van der Waals surface area contributed by atoms with Gasteiger partial charge in [-0.3, -0.25) is 14.5 Å². The van der Waals surface area contributed by atoms with Crippen molar-refractivity contribution in [2.24, 2.45) is 0 Å². The summed E-state index contributed by atoms with van der Waals surface area (Å²) in [6.07, 6.45) is 0.173. The topological polar surface area (TPSA) is 99.8 Å². The number of carbonyl (C=O) groups is 2. The van der Waals surface area contributed by atoms with Gasteiger partial charge in [0.25, 0.3) is 12.3 Å². The smallest absolute Gasteiger partial charge is 0.414 e. The number of hydrogen-bond donors (Lipinski definition) is 3. The highest BCUT2D eigenvalue weighted by atomic mass is 32.1. The fourth-order valence-corrected chi connectivity index (χ4v) is 4.54. The van der Waals surface area contributed by atoms with E-state index in [0.717, 1.165) is 55.2 Å². The molecular formula is C26H26F4N4O4S. The lowest BCUT2D eigenvalue weighted by Crippen LogP contribution is -2.36. The van der Waals surface area contributed by atoms with Crippen LogP contribution in [0.3, 0.4) is 0 Å². The first-order chi connectivity index (χ1) is 18.6. The van der Waals surface area contributed by atoms with Crippen LogP contribution < -0.4 is 26.3 Å². The molecule has 1 heterocycles. The molecule has 13 heteroatoms. The largest absolute Gasteiger partial charge is 0.442 e. The Bertz CT molecular complexity index is 1300. The molecule has 2 fully saturated rings. The Kier molecular flexibility index (Phi) is 9.00. The van der Waals surface area contributed by atoms with E-state index in [9.17, 15) is 23.2 Å². The van der Waals surface area contributed by atoms with Crippen molar-refractivity contribution >= 4 is 46.3 Å². The zero-order chi connectivity index (χ0) is 28.1. The van der Waals surface area contributed by atoms with Crippen molar-refractivity contribution < 1.29 is 31.9 Å². The van der Waals surface area contributed by atoms with E-state index in [-0.39, 0.29) is 36.1 Å². The van der Waals surface area contributed by atoms with E-state index >= 15 is 8.78 Å². The van der Waals surface area contributed by atoms with Crippen molar-refractivity contribution in [3.63, 3.8) is 0 Å². The third-order valence-corrected chi connectivity index (χ3v) is 6.79. The van der Waals surface area contributed by atoms with Gasteiger partial charge in [0.05, 0.1) is 24.5 Å². The number of nitrogens with zero attached hydrogens (tertiary/aromatic N) is 1. The zero-order valence-corrected chi connectivity index (χ0v) is 21.5. The van der Waals surface area contributed by atoms with Gasteiger partial charge in [0.2, 0.25) is 5.43 Å². The summed E-state index contributed by atoms with van der Waals surface area (Å²) in [5, 5.41) is 7.65. The number of benzene rings is 1. The van der Waals surface area contributed by atoms with E-state index in [1.165, 1.54) is 18.2 Å². The van der Waals surface area contributed by atoms with E-state index in [4.69, 9.17) is 4.74 Å². The molecular weight excluding hydrogens is 540 g/mol. The minimum Gasteiger partial charge on any atom is -0.442 e. The van der Waals surface area contributed by atoms with Crippen LogP contribution in [0.4, 0.5) is 39.4 Å². The minimum atomic E-state index is -2.87. The first-order valence-corrected chi connectivity index (χ1v) is 12.8. The van der Waals surface area contributed by atoms with Gasteiger partial charge in [-0.2, -0.15) is 0 Å². The predicted molar refractivity (Wildman–Crippen MR) is 141 cm³/mol. The number of thiocarbonyl (C=S) groups is 1. The Morgan fingerprint density at radius 1 is 1.08 bits per heavy atom. The molecule has 39 heavy (non-hydrogen) atoms. The van der Waals surface area contributed by atoms with Crippen LogP contribution in [0.2, 0.25) is 0 Å². The Labute approximate surface area is 226 Å². The number of anilines is 3. The molecule has 1 saturated carbocycles. The number of nitrogens with one attached hydrogen (secondary N) is 3. The van der Waals surface area contributed by atoms with Crippen molar-refractivity contribution in [1.82, 2.24) is 10.6 Å². The number of alkyl halides is 2. The average molecular weight is 567 g/mol. The lowest BCUT2D eigenvalue weighted by molar-refractivity contribution is 0.0927. The van der Waals surface area contributed by atoms with Crippen LogP contribution in [0.5, 0.6) is 0 Å². The summed E-state index contributed by atoms with van der Waals surface area (Å²) in [6.45, 7) is -0.369. The van der Waals surface area contributed by atoms with Gasteiger partial charge in [-0.15, -0.1) is 0 Å². The number of carbonyl (C=O) groups excluding carboxylic acids is 2. The highest BCUT2D eigenvalue weighted by Gasteiger charge is 2.33. The number of rotatable bonds is 8. The van der Waals surface area contributed by atoms with E-state index in [1.54, 1.807) is 0 Å². The molecule has 0 radical (unpaired) electrons. The molecule has 8 nitrogen and oxygen atoms in total. The summed E-state index contributed by atoms with van der Waals surface area (Å²) in [5.74, 6) is -2.63. The maximum absolute atomic E-state index is 15.0. The van der Waals surface area contributed by atoms with E-state index in [1.807, 2.05) is 0 Å². The molecule has 1 saturated heterocycles. The molecule has 0 aromatic heterocycles. The molecule has 0 spiro atoms. The highest BCUT2D eigenvalue weighted by molar-refractivity contribution is 7.80. The second-order valence-electron chi connectivity index (χ2n) is 9.28. The standard InChI is InChI=1S/C26H26F4N4O4S/c27-18-10-16(34-13-17(38-26(34)37)12-31-25(39)23(29)30)11-19(28)22(18)33-20-9-14(5-4-8-21(20)35)24(36)32-15-6-2-1-3-7-15/h4-5,8-11,15,17,23H,1-3,6-7,12-13H2,(H,31,39)(H,32,36)(H,33,35)/t17-/m0/s1. The Morgan fingerprint density at radius 3 is 2.44 bits per heavy atom. The highest BCUT2D eigenvalue weighted by Crippen LogP contribution is 2.30. The van der Waals surface area contributed by atoms with Crippen molar-refractivity contribution in [1.29, 1.82) is 0 Å². The molecule has 2 amide bonds. The quantitative estimate of drug-likeness (QED) is 0.316. The van der Waals surface area contributed by atoms with Crippen LogP contribution in [0.15, 0.2) is 41.2 Å². The maximum Gasteiger partial charge on any atom is 0.414 e. The molecule has 1 aliphatic carbocycles. The Balaban J connectivity index is 1.50.